The molecule has 4 rings (SSSR count). The van der Waals surface area contributed by atoms with Crippen molar-refractivity contribution in [2.75, 3.05) is 11.9 Å². The van der Waals surface area contributed by atoms with Crippen LogP contribution in [-0.4, -0.2) is 32.1 Å². The van der Waals surface area contributed by atoms with Crippen LogP contribution >= 0.6 is 0 Å². The highest BCUT2D eigenvalue weighted by Crippen LogP contribution is 2.31. The SMILES string of the molecule is C[C@@H](N)CNc1ccc2cc(C(C)(C)O)c3nc4ccccc4n3c2n1. The molecule has 0 spiro atoms. The molecule has 0 saturated carbocycles. The van der Waals surface area contributed by atoms with Crippen molar-refractivity contribution in [3.05, 3.63) is 48.0 Å². The lowest BCUT2D eigenvalue weighted by atomic mass is 9.98. The van der Waals surface area contributed by atoms with Crippen LogP contribution in [-0.2, 0) is 5.60 Å². The van der Waals surface area contributed by atoms with Crippen LogP contribution in [0.25, 0.3) is 27.7 Å². The van der Waals surface area contributed by atoms with Gasteiger partial charge in [0.15, 0.2) is 0 Å². The van der Waals surface area contributed by atoms with E-state index in [9.17, 15) is 5.11 Å². The van der Waals surface area contributed by atoms with Crippen LogP contribution in [0.5, 0.6) is 0 Å². The average molecular weight is 349 g/mol. The van der Waals surface area contributed by atoms with E-state index in [2.05, 4.69) is 5.32 Å². The Labute approximate surface area is 151 Å². The Hall–Kier alpha value is -2.70. The second-order valence-corrected chi connectivity index (χ2v) is 7.34. The fourth-order valence-electron chi connectivity index (χ4n) is 3.21. The normalized spacial score (nSPS) is 13.6. The molecule has 4 N–H and O–H groups in total. The number of nitrogens with zero attached hydrogens (tertiary/aromatic N) is 3. The van der Waals surface area contributed by atoms with Gasteiger partial charge in [-0.15, -0.1) is 0 Å². The monoisotopic (exact) mass is 349 g/mol. The zero-order valence-electron chi connectivity index (χ0n) is 15.2. The number of hydrogen-bond acceptors (Lipinski definition) is 5. The number of nitrogens with two attached hydrogens (primary N) is 1. The van der Waals surface area contributed by atoms with Crippen molar-refractivity contribution in [1.82, 2.24) is 14.4 Å². The summed E-state index contributed by atoms with van der Waals surface area (Å²) >= 11 is 0. The first-order valence-corrected chi connectivity index (χ1v) is 8.78. The van der Waals surface area contributed by atoms with Crippen molar-refractivity contribution in [1.29, 1.82) is 0 Å². The fraction of sp³-hybridized carbons (Fsp3) is 0.300. The van der Waals surface area contributed by atoms with Gasteiger partial charge in [0, 0.05) is 23.5 Å². The largest absolute Gasteiger partial charge is 0.386 e. The van der Waals surface area contributed by atoms with Gasteiger partial charge in [0.2, 0.25) is 0 Å². The standard InChI is InChI=1S/C20H23N5O/c1-12(21)11-22-17-9-8-13-10-14(20(2,3)26)19-23-15-6-4-5-7-16(15)25(19)18(13)24-17/h4-10,12,26H,11,21H2,1-3H3,(H,22,24)/t12-/m1/s1. The van der Waals surface area contributed by atoms with Crippen LogP contribution in [0.3, 0.4) is 0 Å². The van der Waals surface area contributed by atoms with Crippen molar-refractivity contribution in [2.24, 2.45) is 5.73 Å². The summed E-state index contributed by atoms with van der Waals surface area (Å²) in [5.41, 5.74) is 8.97. The summed E-state index contributed by atoms with van der Waals surface area (Å²) in [7, 11) is 0. The van der Waals surface area contributed by atoms with Gasteiger partial charge in [-0.2, -0.15) is 0 Å². The van der Waals surface area contributed by atoms with Crippen molar-refractivity contribution in [3.63, 3.8) is 0 Å². The van der Waals surface area contributed by atoms with Gasteiger partial charge in [0.05, 0.1) is 16.6 Å². The van der Waals surface area contributed by atoms with Gasteiger partial charge in [-0.05, 0) is 51.1 Å². The summed E-state index contributed by atoms with van der Waals surface area (Å²) in [6.07, 6.45) is 0. The van der Waals surface area contributed by atoms with E-state index in [4.69, 9.17) is 15.7 Å². The van der Waals surface area contributed by atoms with Gasteiger partial charge < -0.3 is 16.2 Å². The Bertz CT molecular complexity index is 1110. The molecule has 3 heterocycles. The molecular weight excluding hydrogens is 326 g/mol. The van der Waals surface area contributed by atoms with E-state index in [1.54, 1.807) is 13.8 Å². The average Bonchev–Trinajstić information content (AvgIpc) is 2.97. The number of benzene rings is 1. The number of hydrogen-bond donors (Lipinski definition) is 3. The van der Waals surface area contributed by atoms with Crippen molar-refractivity contribution in [3.8, 4) is 0 Å². The molecule has 0 amide bonds. The van der Waals surface area contributed by atoms with Gasteiger partial charge in [0.1, 0.15) is 17.1 Å². The maximum atomic E-state index is 10.7. The molecule has 1 aromatic carbocycles. The molecule has 6 nitrogen and oxygen atoms in total. The first-order chi connectivity index (χ1) is 12.3. The molecule has 0 fully saturated rings. The molecule has 0 aliphatic heterocycles. The van der Waals surface area contributed by atoms with Gasteiger partial charge in [-0.3, -0.25) is 4.40 Å². The Morgan fingerprint density at radius 3 is 2.65 bits per heavy atom. The number of anilines is 1. The second-order valence-electron chi connectivity index (χ2n) is 7.34. The number of rotatable bonds is 4. The molecule has 0 bridgehead atoms. The number of fused-ring (bicyclic) bond motifs is 5. The minimum atomic E-state index is -1.01. The lowest BCUT2D eigenvalue weighted by Gasteiger charge is -2.20. The lowest BCUT2D eigenvalue weighted by molar-refractivity contribution is 0.0798. The number of para-hydroxylation sites is 2. The van der Waals surface area contributed by atoms with Crippen LogP contribution in [0.4, 0.5) is 5.82 Å². The molecule has 4 aromatic rings. The highest BCUT2D eigenvalue weighted by Gasteiger charge is 2.24. The van der Waals surface area contributed by atoms with Gasteiger partial charge >= 0.3 is 0 Å². The first kappa shape index (κ1) is 16.8. The molecule has 26 heavy (non-hydrogen) atoms. The summed E-state index contributed by atoms with van der Waals surface area (Å²) in [5, 5.41) is 14.9. The maximum absolute atomic E-state index is 10.7. The highest BCUT2D eigenvalue weighted by atomic mass is 16.3. The molecule has 134 valence electrons. The molecule has 0 radical (unpaired) electrons. The third-order valence-corrected chi connectivity index (χ3v) is 4.48. The van der Waals surface area contributed by atoms with Crippen molar-refractivity contribution in [2.45, 2.75) is 32.4 Å². The van der Waals surface area contributed by atoms with E-state index in [1.165, 1.54) is 0 Å². The smallest absolute Gasteiger partial charge is 0.148 e. The minimum Gasteiger partial charge on any atom is -0.386 e. The predicted octanol–water partition coefficient (Wildman–Crippen LogP) is 3.02. The van der Waals surface area contributed by atoms with Crippen LogP contribution in [0, 0.1) is 0 Å². The summed E-state index contributed by atoms with van der Waals surface area (Å²) in [4.78, 5) is 9.55. The molecule has 0 saturated heterocycles. The van der Waals surface area contributed by atoms with Crippen molar-refractivity contribution >= 4 is 33.5 Å². The number of nitrogens with one attached hydrogen (secondary N) is 1. The summed E-state index contributed by atoms with van der Waals surface area (Å²) in [6, 6.07) is 13.9. The zero-order valence-corrected chi connectivity index (χ0v) is 15.2. The van der Waals surface area contributed by atoms with E-state index < -0.39 is 5.60 Å². The van der Waals surface area contributed by atoms with Crippen LogP contribution in [0.2, 0.25) is 0 Å². The molecule has 0 aliphatic rings. The Morgan fingerprint density at radius 2 is 1.92 bits per heavy atom. The molecule has 6 heteroatoms. The lowest BCUT2D eigenvalue weighted by Crippen LogP contribution is -2.25. The van der Waals surface area contributed by atoms with E-state index >= 15 is 0 Å². The quantitative estimate of drug-likeness (QED) is 0.527. The molecule has 1 atom stereocenters. The van der Waals surface area contributed by atoms with E-state index in [1.807, 2.05) is 53.8 Å². The maximum Gasteiger partial charge on any atom is 0.148 e. The van der Waals surface area contributed by atoms with E-state index in [-0.39, 0.29) is 6.04 Å². The summed E-state index contributed by atoms with van der Waals surface area (Å²) < 4.78 is 2.02. The Morgan fingerprint density at radius 1 is 1.15 bits per heavy atom. The van der Waals surface area contributed by atoms with Gasteiger partial charge in [-0.25, -0.2) is 9.97 Å². The van der Waals surface area contributed by atoms with Crippen LogP contribution in [0.15, 0.2) is 42.5 Å². The van der Waals surface area contributed by atoms with Gasteiger partial charge in [-0.1, -0.05) is 12.1 Å². The molecular formula is C20H23N5O. The topological polar surface area (TPSA) is 88.5 Å². The summed E-state index contributed by atoms with van der Waals surface area (Å²) in [6.45, 7) is 6.15. The van der Waals surface area contributed by atoms with Crippen molar-refractivity contribution < 1.29 is 5.11 Å². The first-order valence-electron chi connectivity index (χ1n) is 8.78. The minimum absolute atomic E-state index is 0.0409. The van der Waals surface area contributed by atoms with Crippen LogP contribution in [0.1, 0.15) is 26.3 Å². The fourth-order valence-corrected chi connectivity index (χ4v) is 3.21. The number of pyridine rings is 2. The third-order valence-electron chi connectivity index (χ3n) is 4.48. The van der Waals surface area contributed by atoms with E-state index in [0.29, 0.717) is 6.54 Å². The predicted molar refractivity (Wildman–Crippen MR) is 105 cm³/mol. The Balaban J connectivity index is 2.07. The number of aromatic nitrogens is 3. The number of imidazole rings is 1. The second kappa shape index (κ2) is 5.93. The Kier molecular flexibility index (Phi) is 3.82. The molecule has 3 aromatic heterocycles. The molecule has 0 unspecified atom stereocenters. The number of aliphatic hydroxyl groups is 1. The van der Waals surface area contributed by atoms with E-state index in [0.717, 1.165) is 39.1 Å². The van der Waals surface area contributed by atoms with Crippen LogP contribution < -0.4 is 11.1 Å². The third kappa shape index (κ3) is 2.77. The highest BCUT2D eigenvalue weighted by molar-refractivity contribution is 5.91. The van der Waals surface area contributed by atoms with Gasteiger partial charge in [0.25, 0.3) is 0 Å². The molecule has 0 aliphatic carbocycles. The summed E-state index contributed by atoms with van der Waals surface area (Å²) in [5.74, 6) is 0.768. The zero-order chi connectivity index (χ0) is 18.5.